The molecule has 0 saturated heterocycles. The standard InChI is InChI=1S/C11H9FN2S/c1-7-13-10(6-11(15)14-7)8-2-4-9(12)5-3-8/h2-6H,1H3,(H,13,14,15). The van der Waals surface area contributed by atoms with E-state index in [4.69, 9.17) is 12.2 Å². The van der Waals surface area contributed by atoms with Crippen LogP contribution in [-0.2, 0) is 0 Å². The molecule has 4 heteroatoms. The van der Waals surface area contributed by atoms with Crippen LogP contribution in [0.5, 0.6) is 0 Å². The van der Waals surface area contributed by atoms with E-state index >= 15 is 0 Å². The molecule has 15 heavy (non-hydrogen) atoms. The van der Waals surface area contributed by atoms with Crippen molar-refractivity contribution in [2.75, 3.05) is 0 Å². The number of rotatable bonds is 1. The molecular formula is C11H9FN2S. The van der Waals surface area contributed by atoms with Crippen molar-refractivity contribution in [1.82, 2.24) is 9.97 Å². The van der Waals surface area contributed by atoms with Crippen LogP contribution in [0.2, 0.25) is 0 Å². The predicted octanol–water partition coefficient (Wildman–Crippen LogP) is 3.25. The highest BCUT2D eigenvalue weighted by atomic mass is 32.1. The Bertz CT molecular complexity index is 531. The van der Waals surface area contributed by atoms with Gasteiger partial charge in [0.1, 0.15) is 16.3 Å². The lowest BCUT2D eigenvalue weighted by Crippen LogP contribution is -1.91. The molecule has 2 aromatic rings. The first kappa shape index (κ1) is 9.98. The molecule has 1 aromatic heterocycles. The van der Waals surface area contributed by atoms with Gasteiger partial charge in [0.2, 0.25) is 0 Å². The third-order valence-electron chi connectivity index (χ3n) is 2.02. The largest absolute Gasteiger partial charge is 0.343 e. The zero-order chi connectivity index (χ0) is 10.8. The molecule has 0 saturated carbocycles. The molecule has 0 amide bonds. The molecule has 0 atom stereocenters. The van der Waals surface area contributed by atoms with E-state index in [1.54, 1.807) is 18.2 Å². The van der Waals surface area contributed by atoms with Gasteiger partial charge in [0.15, 0.2) is 0 Å². The molecular weight excluding hydrogens is 211 g/mol. The maximum Gasteiger partial charge on any atom is 0.130 e. The molecule has 1 N–H and O–H groups in total. The average Bonchev–Trinajstić information content (AvgIpc) is 2.17. The molecule has 0 unspecified atom stereocenters. The zero-order valence-electron chi connectivity index (χ0n) is 8.12. The molecule has 76 valence electrons. The predicted molar refractivity (Wildman–Crippen MR) is 59.6 cm³/mol. The number of halogens is 1. The maximum absolute atomic E-state index is 12.7. The van der Waals surface area contributed by atoms with Gasteiger partial charge in [0, 0.05) is 5.69 Å². The van der Waals surface area contributed by atoms with E-state index in [-0.39, 0.29) is 5.82 Å². The van der Waals surface area contributed by atoms with Crippen LogP contribution in [0.25, 0.3) is 11.3 Å². The lowest BCUT2D eigenvalue weighted by Gasteiger charge is -2.02. The number of nitrogens with zero attached hydrogens (tertiary/aromatic N) is 1. The Labute approximate surface area is 91.8 Å². The monoisotopic (exact) mass is 220 g/mol. The summed E-state index contributed by atoms with van der Waals surface area (Å²) in [5.74, 6) is 0.505. The number of H-pyrrole nitrogens is 1. The Morgan fingerprint density at radius 1 is 1.27 bits per heavy atom. The molecule has 1 aromatic carbocycles. The summed E-state index contributed by atoms with van der Waals surface area (Å²) in [7, 11) is 0. The fourth-order valence-corrected chi connectivity index (χ4v) is 1.62. The van der Waals surface area contributed by atoms with Gasteiger partial charge in [0.25, 0.3) is 0 Å². The summed E-state index contributed by atoms with van der Waals surface area (Å²) >= 11 is 5.01. The molecule has 0 aliphatic heterocycles. The summed E-state index contributed by atoms with van der Waals surface area (Å²) in [4.78, 5) is 7.15. The fourth-order valence-electron chi connectivity index (χ4n) is 1.36. The van der Waals surface area contributed by atoms with Crippen LogP contribution >= 0.6 is 12.2 Å². The Morgan fingerprint density at radius 2 is 1.93 bits per heavy atom. The lowest BCUT2D eigenvalue weighted by molar-refractivity contribution is 0.628. The number of aromatic nitrogens is 2. The number of benzene rings is 1. The maximum atomic E-state index is 12.7. The smallest absolute Gasteiger partial charge is 0.130 e. The van der Waals surface area contributed by atoms with Crippen molar-refractivity contribution in [2.45, 2.75) is 6.92 Å². The number of hydrogen-bond acceptors (Lipinski definition) is 2. The minimum atomic E-state index is -0.247. The van der Waals surface area contributed by atoms with E-state index in [1.807, 2.05) is 6.92 Å². The van der Waals surface area contributed by atoms with Crippen LogP contribution in [-0.4, -0.2) is 9.97 Å². The minimum absolute atomic E-state index is 0.247. The molecule has 0 aliphatic rings. The molecule has 0 bridgehead atoms. The van der Waals surface area contributed by atoms with Gasteiger partial charge in [-0.3, -0.25) is 0 Å². The summed E-state index contributed by atoms with van der Waals surface area (Å²) in [6.45, 7) is 1.84. The summed E-state index contributed by atoms with van der Waals surface area (Å²) in [6, 6.07) is 8.00. The number of hydrogen-bond donors (Lipinski definition) is 1. The fraction of sp³-hybridized carbons (Fsp3) is 0.0909. The highest BCUT2D eigenvalue weighted by Gasteiger charge is 1.99. The third-order valence-corrected chi connectivity index (χ3v) is 2.23. The van der Waals surface area contributed by atoms with Gasteiger partial charge in [-0.1, -0.05) is 12.2 Å². The summed E-state index contributed by atoms with van der Waals surface area (Å²) in [5.41, 5.74) is 1.75. The highest BCUT2D eigenvalue weighted by Crippen LogP contribution is 2.16. The summed E-state index contributed by atoms with van der Waals surface area (Å²) < 4.78 is 13.3. The van der Waals surface area contributed by atoms with Crippen molar-refractivity contribution in [2.24, 2.45) is 0 Å². The van der Waals surface area contributed by atoms with Crippen molar-refractivity contribution in [3.05, 3.63) is 46.6 Å². The van der Waals surface area contributed by atoms with E-state index < -0.39 is 0 Å². The summed E-state index contributed by atoms with van der Waals surface area (Å²) in [5, 5.41) is 0. The van der Waals surface area contributed by atoms with Gasteiger partial charge >= 0.3 is 0 Å². The SMILES string of the molecule is Cc1nc(=S)cc(-c2ccc(F)cc2)[nH]1. The van der Waals surface area contributed by atoms with Crippen molar-refractivity contribution in [3.63, 3.8) is 0 Å². The second kappa shape index (κ2) is 3.90. The van der Waals surface area contributed by atoms with Crippen LogP contribution in [0.3, 0.4) is 0 Å². The van der Waals surface area contributed by atoms with Crippen LogP contribution in [0.4, 0.5) is 4.39 Å². The number of aryl methyl sites for hydroxylation is 1. The summed E-state index contributed by atoms with van der Waals surface area (Å²) in [6.07, 6.45) is 0. The second-order valence-corrected chi connectivity index (χ2v) is 3.64. The van der Waals surface area contributed by atoms with E-state index in [0.717, 1.165) is 17.1 Å². The van der Waals surface area contributed by atoms with E-state index in [1.165, 1.54) is 12.1 Å². The Kier molecular flexibility index (Phi) is 2.60. The molecule has 2 rings (SSSR count). The Balaban J connectivity index is 2.54. The van der Waals surface area contributed by atoms with Gasteiger partial charge in [0.05, 0.1) is 0 Å². The van der Waals surface area contributed by atoms with Crippen molar-refractivity contribution >= 4 is 12.2 Å². The van der Waals surface area contributed by atoms with Crippen molar-refractivity contribution in [3.8, 4) is 11.3 Å². The number of aromatic amines is 1. The van der Waals surface area contributed by atoms with Crippen LogP contribution in [0, 0.1) is 17.4 Å². The minimum Gasteiger partial charge on any atom is -0.343 e. The quantitative estimate of drug-likeness (QED) is 0.747. The van der Waals surface area contributed by atoms with Crippen LogP contribution < -0.4 is 0 Å². The lowest BCUT2D eigenvalue weighted by atomic mass is 10.1. The first-order chi connectivity index (χ1) is 7.15. The first-order valence-electron chi connectivity index (χ1n) is 4.49. The topological polar surface area (TPSA) is 28.7 Å². The van der Waals surface area contributed by atoms with Gasteiger partial charge in [-0.05, 0) is 42.8 Å². The van der Waals surface area contributed by atoms with Gasteiger partial charge in [-0.2, -0.15) is 0 Å². The van der Waals surface area contributed by atoms with E-state index in [9.17, 15) is 4.39 Å². The molecule has 0 spiro atoms. The molecule has 2 nitrogen and oxygen atoms in total. The normalized spacial score (nSPS) is 10.3. The van der Waals surface area contributed by atoms with Gasteiger partial charge in [-0.25, -0.2) is 9.37 Å². The van der Waals surface area contributed by atoms with Gasteiger partial charge in [-0.15, -0.1) is 0 Å². The molecule has 0 fully saturated rings. The number of nitrogens with one attached hydrogen (secondary N) is 1. The van der Waals surface area contributed by atoms with Crippen LogP contribution in [0.1, 0.15) is 5.82 Å². The molecule has 0 aliphatic carbocycles. The zero-order valence-corrected chi connectivity index (χ0v) is 8.94. The second-order valence-electron chi connectivity index (χ2n) is 3.23. The van der Waals surface area contributed by atoms with Gasteiger partial charge < -0.3 is 4.98 Å². The highest BCUT2D eigenvalue weighted by molar-refractivity contribution is 7.71. The van der Waals surface area contributed by atoms with Crippen molar-refractivity contribution < 1.29 is 4.39 Å². The Hall–Kier alpha value is -1.55. The van der Waals surface area contributed by atoms with Crippen molar-refractivity contribution in [1.29, 1.82) is 0 Å². The first-order valence-corrected chi connectivity index (χ1v) is 4.90. The van der Waals surface area contributed by atoms with Crippen LogP contribution in [0.15, 0.2) is 30.3 Å². The molecule has 0 radical (unpaired) electrons. The van der Waals surface area contributed by atoms with E-state index in [2.05, 4.69) is 9.97 Å². The average molecular weight is 220 g/mol. The Morgan fingerprint density at radius 3 is 2.53 bits per heavy atom. The molecule has 1 heterocycles. The third kappa shape index (κ3) is 2.27. The van der Waals surface area contributed by atoms with E-state index in [0.29, 0.717) is 4.64 Å².